The summed E-state index contributed by atoms with van der Waals surface area (Å²) in [5, 5.41) is 7.57. The summed E-state index contributed by atoms with van der Waals surface area (Å²) in [5.41, 5.74) is 2.74. The molecule has 28 heavy (non-hydrogen) atoms. The number of ether oxygens (including phenoxy) is 3. The van der Waals surface area contributed by atoms with Crippen molar-refractivity contribution >= 4 is 16.9 Å². The molecule has 2 aliphatic rings. The molecular formula is C20H19N3O5. The van der Waals surface area contributed by atoms with Gasteiger partial charge in [-0.2, -0.15) is 0 Å². The van der Waals surface area contributed by atoms with Gasteiger partial charge >= 0.3 is 0 Å². The fourth-order valence-electron chi connectivity index (χ4n) is 3.77. The van der Waals surface area contributed by atoms with Crippen LogP contribution >= 0.6 is 0 Å². The monoisotopic (exact) mass is 381 g/mol. The number of nitrogens with zero attached hydrogens (tertiary/aromatic N) is 3. The van der Waals surface area contributed by atoms with Crippen molar-refractivity contribution < 1.29 is 23.6 Å². The van der Waals surface area contributed by atoms with Crippen molar-refractivity contribution in [3.05, 3.63) is 47.5 Å². The summed E-state index contributed by atoms with van der Waals surface area (Å²) < 4.78 is 22.4. The topological polar surface area (TPSA) is 86.9 Å². The predicted molar refractivity (Wildman–Crippen MR) is 98.1 cm³/mol. The lowest BCUT2D eigenvalue weighted by molar-refractivity contribution is -0.226. The summed E-state index contributed by atoms with van der Waals surface area (Å²) in [7, 11) is 1.63. The van der Waals surface area contributed by atoms with Gasteiger partial charge in [0, 0.05) is 37.1 Å². The number of aromatic nitrogens is 2. The highest BCUT2D eigenvalue weighted by Gasteiger charge is 2.42. The van der Waals surface area contributed by atoms with Gasteiger partial charge < -0.3 is 19.1 Å². The van der Waals surface area contributed by atoms with Gasteiger partial charge in [-0.15, -0.1) is 0 Å². The molecule has 1 aromatic heterocycles. The Hall–Kier alpha value is -3.13. The number of methoxy groups -OCH3 is 1. The normalized spacial score (nSPS) is 18.0. The third-order valence-electron chi connectivity index (χ3n) is 5.37. The van der Waals surface area contributed by atoms with Gasteiger partial charge in [0.1, 0.15) is 11.0 Å². The quantitative estimate of drug-likeness (QED) is 0.674. The summed E-state index contributed by atoms with van der Waals surface area (Å²) in [5.74, 6) is 0.667. The number of fused-ring (bicyclic) bond motifs is 2. The number of piperidine rings is 1. The van der Waals surface area contributed by atoms with E-state index in [0.29, 0.717) is 54.9 Å². The Kier molecular flexibility index (Phi) is 3.94. The molecule has 144 valence electrons. The van der Waals surface area contributed by atoms with E-state index in [-0.39, 0.29) is 5.91 Å². The van der Waals surface area contributed by atoms with Crippen LogP contribution in [0, 0.1) is 0 Å². The van der Waals surface area contributed by atoms with Crippen LogP contribution in [0.1, 0.15) is 28.8 Å². The highest BCUT2D eigenvalue weighted by molar-refractivity contribution is 5.97. The summed E-state index contributed by atoms with van der Waals surface area (Å²) in [4.78, 5) is 14.7. The maximum atomic E-state index is 12.9. The number of benzene rings is 2. The van der Waals surface area contributed by atoms with Crippen molar-refractivity contribution in [2.75, 3.05) is 20.2 Å². The summed E-state index contributed by atoms with van der Waals surface area (Å²) in [6.45, 7) is 1.55. The molecule has 1 amide bonds. The number of hydrogen-bond donors (Lipinski definition) is 0. The van der Waals surface area contributed by atoms with Crippen LogP contribution in [-0.2, 0) is 11.3 Å². The van der Waals surface area contributed by atoms with Crippen LogP contribution in [-0.4, -0.2) is 47.1 Å². The first-order valence-electron chi connectivity index (χ1n) is 9.18. The highest BCUT2D eigenvalue weighted by atomic mass is 16.7. The van der Waals surface area contributed by atoms with Crippen molar-refractivity contribution in [2.45, 2.75) is 25.2 Å². The minimum Gasteiger partial charge on any atom is -0.493 e. The standard InChI is InChI=1S/C20H19N3O5/c1-25-17-4-2-3-14-12-26-20(27-18(14)17)7-9-23(10-8-20)19(24)13-5-6-15-16(11-13)22-28-21-15/h2-6,11H,7-10,12H2,1H3. The van der Waals surface area contributed by atoms with E-state index in [9.17, 15) is 4.79 Å². The zero-order valence-corrected chi connectivity index (χ0v) is 15.4. The molecule has 1 spiro atoms. The Balaban J connectivity index is 1.31. The average Bonchev–Trinajstić information content (AvgIpc) is 3.21. The van der Waals surface area contributed by atoms with E-state index in [4.69, 9.17) is 18.8 Å². The van der Waals surface area contributed by atoms with Crippen LogP contribution in [0.25, 0.3) is 11.0 Å². The molecule has 8 heteroatoms. The first-order valence-corrected chi connectivity index (χ1v) is 9.18. The van der Waals surface area contributed by atoms with Gasteiger partial charge in [-0.25, -0.2) is 4.63 Å². The zero-order valence-electron chi connectivity index (χ0n) is 15.4. The third-order valence-corrected chi connectivity index (χ3v) is 5.37. The first-order chi connectivity index (χ1) is 13.7. The van der Waals surface area contributed by atoms with Crippen LogP contribution in [0.3, 0.4) is 0 Å². The second-order valence-electron chi connectivity index (χ2n) is 7.01. The predicted octanol–water partition coefficient (Wildman–Crippen LogP) is 2.77. The second kappa shape index (κ2) is 6.49. The van der Waals surface area contributed by atoms with E-state index in [1.54, 1.807) is 25.3 Å². The van der Waals surface area contributed by atoms with Crippen LogP contribution in [0.15, 0.2) is 41.0 Å². The highest BCUT2D eigenvalue weighted by Crippen LogP contribution is 2.42. The van der Waals surface area contributed by atoms with Gasteiger partial charge in [0.2, 0.25) is 5.79 Å². The Bertz CT molecular complexity index is 1030. The van der Waals surface area contributed by atoms with Crippen LogP contribution in [0.4, 0.5) is 0 Å². The number of amides is 1. The fraction of sp³-hybridized carbons (Fsp3) is 0.350. The van der Waals surface area contributed by atoms with Crippen molar-refractivity contribution in [3.63, 3.8) is 0 Å². The molecule has 0 N–H and O–H groups in total. The average molecular weight is 381 g/mol. The molecule has 3 heterocycles. The van der Waals surface area contributed by atoms with Gasteiger partial charge in [-0.3, -0.25) is 4.79 Å². The van der Waals surface area contributed by atoms with E-state index in [1.807, 2.05) is 23.1 Å². The second-order valence-corrected chi connectivity index (χ2v) is 7.01. The zero-order chi connectivity index (χ0) is 19.1. The smallest absolute Gasteiger partial charge is 0.253 e. The van der Waals surface area contributed by atoms with Crippen LogP contribution in [0.5, 0.6) is 11.5 Å². The summed E-state index contributed by atoms with van der Waals surface area (Å²) >= 11 is 0. The Morgan fingerprint density at radius 1 is 1.14 bits per heavy atom. The molecule has 0 saturated carbocycles. The van der Waals surface area contributed by atoms with Crippen molar-refractivity contribution in [1.29, 1.82) is 0 Å². The van der Waals surface area contributed by atoms with Crippen molar-refractivity contribution in [3.8, 4) is 11.5 Å². The van der Waals surface area contributed by atoms with E-state index in [1.165, 1.54) is 0 Å². The number of carbonyl (C=O) groups is 1. The number of para-hydroxylation sites is 1. The van der Waals surface area contributed by atoms with E-state index >= 15 is 0 Å². The molecule has 8 nitrogen and oxygen atoms in total. The molecule has 2 aliphatic heterocycles. The van der Waals surface area contributed by atoms with Gasteiger partial charge in [0.25, 0.3) is 5.91 Å². The van der Waals surface area contributed by atoms with Crippen LogP contribution in [0.2, 0.25) is 0 Å². The van der Waals surface area contributed by atoms with E-state index in [0.717, 1.165) is 11.3 Å². The number of carbonyl (C=O) groups excluding carboxylic acids is 1. The Labute approximate surface area is 160 Å². The van der Waals surface area contributed by atoms with Crippen LogP contribution < -0.4 is 9.47 Å². The number of rotatable bonds is 2. The third kappa shape index (κ3) is 2.77. The van der Waals surface area contributed by atoms with Crippen molar-refractivity contribution in [2.24, 2.45) is 0 Å². The van der Waals surface area contributed by atoms with Crippen molar-refractivity contribution in [1.82, 2.24) is 15.2 Å². The Morgan fingerprint density at radius 2 is 1.96 bits per heavy atom. The van der Waals surface area contributed by atoms with Gasteiger partial charge in [-0.05, 0) is 34.6 Å². The minimum atomic E-state index is -0.724. The molecule has 5 rings (SSSR count). The molecule has 0 unspecified atom stereocenters. The molecule has 1 fully saturated rings. The molecule has 2 aromatic carbocycles. The van der Waals surface area contributed by atoms with Gasteiger partial charge in [0.15, 0.2) is 11.5 Å². The maximum absolute atomic E-state index is 12.9. The molecule has 0 bridgehead atoms. The lowest BCUT2D eigenvalue weighted by atomic mass is 10.00. The molecule has 3 aromatic rings. The van der Waals surface area contributed by atoms with E-state index < -0.39 is 5.79 Å². The lowest BCUT2D eigenvalue weighted by Crippen LogP contribution is -2.52. The first kappa shape index (κ1) is 17.0. The number of likely N-dealkylation sites (tertiary alicyclic amines) is 1. The molecule has 0 atom stereocenters. The molecular weight excluding hydrogens is 362 g/mol. The van der Waals surface area contributed by atoms with Gasteiger partial charge in [-0.1, -0.05) is 12.1 Å². The molecule has 1 saturated heterocycles. The summed E-state index contributed by atoms with van der Waals surface area (Å²) in [6, 6.07) is 11.0. The summed E-state index contributed by atoms with van der Waals surface area (Å²) in [6.07, 6.45) is 1.17. The van der Waals surface area contributed by atoms with E-state index in [2.05, 4.69) is 10.3 Å². The lowest BCUT2D eigenvalue weighted by Gasteiger charge is -2.44. The number of hydrogen-bond acceptors (Lipinski definition) is 7. The molecule has 0 radical (unpaired) electrons. The SMILES string of the molecule is COc1cccc2c1OC1(CCN(C(=O)c3ccc4nonc4c3)CC1)OC2. The molecule has 0 aliphatic carbocycles. The minimum absolute atomic E-state index is 0.0476. The largest absolute Gasteiger partial charge is 0.493 e. The maximum Gasteiger partial charge on any atom is 0.253 e. The Morgan fingerprint density at radius 3 is 2.79 bits per heavy atom. The fourth-order valence-corrected chi connectivity index (χ4v) is 3.77. The van der Waals surface area contributed by atoms with Gasteiger partial charge in [0.05, 0.1) is 13.7 Å².